The summed E-state index contributed by atoms with van der Waals surface area (Å²) in [5.74, 6) is 0.697. The lowest BCUT2D eigenvalue weighted by atomic mass is 9.75. The number of allylic oxidation sites excluding steroid dienone is 5. The third kappa shape index (κ3) is 5.93. The van der Waals surface area contributed by atoms with Crippen LogP contribution in [-0.2, 0) is 9.31 Å². The average molecular weight is 334 g/mol. The second-order valence-electron chi connectivity index (χ2n) is 7.23. The smallest absolute Gasteiger partial charge is 0.399 e. The van der Waals surface area contributed by atoms with Crippen molar-refractivity contribution < 1.29 is 9.31 Å². The predicted octanol–water partition coefficient (Wildman–Crippen LogP) is 6.53. The molecule has 2 aliphatic rings. The minimum Gasteiger partial charge on any atom is -0.399 e. The predicted molar refractivity (Wildman–Crippen MR) is 108 cm³/mol. The summed E-state index contributed by atoms with van der Waals surface area (Å²) in [4.78, 5) is 0. The van der Waals surface area contributed by atoms with E-state index in [4.69, 9.17) is 9.31 Å². The van der Waals surface area contributed by atoms with Gasteiger partial charge in [0.1, 0.15) is 0 Å². The largest absolute Gasteiger partial charge is 0.494 e. The molecule has 0 bridgehead atoms. The van der Waals surface area contributed by atoms with E-state index in [-0.39, 0.29) is 18.3 Å². The number of hydrogen-bond acceptors (Lipinski definition) is 2. The molecule has 1 saturated heterocycles. The molecule has 0 N–H and O–H groups in total. The molecule has 24 heavy (non-hydrogen) atoms. The molecule has 0 atom stereocenters. The monoisotopic (exact) mass is 334 g/mol. The Morgan fingerprint density at radius 2 is 1.33 bits per heavy atom. The molecule has 2 rings (SSSR count). The first kappa shape index (κ1) is 23.2. The quantitative estimate of drug-likeness (QED) is 0.430. The van der Waals surface area contributed by atoms with E-state index in [9.17, 15) is 0 Å². The van der Waals surface area contributed by atoms with Gasteiger partial charge in [0.05, 0.1) is 11.2 Å². The maximum Gasteiger partial charge on any atom is 0.494 e. The summed E-state index contributed by atoms with van der Waals surface area (Å²) in [6.07, 6.45) is 6.82. The van der Waals surface area contributed by atoms with Crippen LogP contribution in [0.4, 0.5) is 0 Å². The van der Waals surface area contributed by atoms with Crippen molar-refractivity contribution in [2.45, 2.75) is 93.3 Å². The highest BCUT2D eigenvalue weighted by Crippen LogP contribution is 2.40. The molecule has 2 fully saturated rings. The summed E-state index contributed by atoms with van der Waals surface area (Å²) in [5, 5.41) is 0. The number of hydrogen-bond donors (Lipinski definition) is 0. The van der Waals surface area contributed by atoms with Gasteiger partial charge < -0.3 is 9.31 Å². The normalized spacial score (nSPS) is 20.7. The summed E-state index contributed by atoms with van der Waals surface area (Å²) in [6.45, 7) is 24.7. The SMILES string of the molecule is C=C(/C=C\C(B1OC(C)(C)C(C)(C)O1)=C(C)C)C1CC1.CC.CC. The molecule has 138 valence electrons. The van der Waals surface area contributed by atoms with Gasteiger partial charge in [-0.3, -0.25) is 0 Å². The molecule has 3 heteroatoms. The lowest BCUT2D eigenvalue weighted by molar-refractivity contribution is 0.00578. The van der Waals surface area contributed by atoms with Crippen molar-refractivity contribution in [1.82, 2.24) is 0 Å². The molecule has 0 aromatic heterocycles. The van der Waals surface area contributed by atoms with E-state index in [1.54, 1.807) is 0 Å². The minimum absolute atomic E-state index is 0.284. The van der Waals surface area contributed by atoms with Gasteiger partial charge in [0, 0.05) is 0 Å². The van der Waals surface area contributed by atoms with E-state index in [2.05, 4.69) is 60.3 Å². The number of rotatable bonds is 4. The fraction of sp³-hybridized carbons (Fsp3) is 0.714. The summed E-state index contributed by atoms with van der Waals surface area (Å²) < 4.78 is 12.3. The third-order valence-electron chi connectivity index (χ3n) is 4.66. The van der Waals surface area contributed by atoms with Gasteiger partial charge >= 0.3 is 7.12 Å². The Balaban J connectivity index is 0.00000123. The summed E-state index contributed by atoms with van der Waals surface area (Å²) >= 11 is 0. The lowest BCUT2D eigenvalue weighted by Crippen LogP contribution is -2.41. The highest BCUT2D eigenvalue weighted by atomic mass is 16.7. The van der Waals surface area contributed by atoms with Crippen molar-refractivity contribution in [3.05, 3.63) is 35.3 Å². The standard InChI is InChI=1S/C17H27BO2.2C2H6/c1-12(2)15(11-8-13(3)14-9-10-14)18-19-16(4,5)17(6,7)20-18;2*1-2/h8,11,14H,3,9-10H2,1-2,4-7H3;2*1-2H3/b11-8-;;. The van der Waals surface area contributed by atoms with E-state index in [0.29, 0.717) is 5.92 Å². The van der Waals surface area contributed by atoms with Crippen LogP contribution in [0.3, 0.4) is 0 Å². The zero-order valence-corrected chi connectivity index (χ0v) is 17.7. The van der Waals surface area contributed by atoms with Crippen LogP contribution >= 0.6 is 0 Å². The van der Waals surface area contributed by atoms with Crippen LogP contribution in [0, 0.1) is 5.92 Å². The van der Waals surface area contributed by atoms with Gasteiger partial charge in [0.25, 0.3) is 0 Å². The van der Waals surface area contributed by atoms with E-state index in [1.165, 1.54) is 24.0 Å². The van der Waals surface area contributed by atoms with Gasteiger partial charge in [0.2, 0.25) is 0 Å². The summed E-state index contributed by atoms with van der Waals surface area (Å²) in [6, 6.07) is 0. The highest BCUT2D eigenvalue weighted by molar-refractivity contribution is 6.55. The van der Waals surface area contributed by atoms with Gasteiger partial charge in [0.15, 0.2) is 0 Å². The molecule has 0 radical (unpaired) electrons. The van der Waals surface area contributed by atoms with Crippen LogP contribution < -0.4 is 0 Å². The van der Waals surface area contributed by atoms with Crippen molar-refractivity contribution in [2.24, 2.45) is 5.92 Å². The minimum atomic E-state index is -0.292. The van der Waals surface area contributed by atoms with E-state index in [1.807, 2.05) is 27.7 Å². The summed E-state index contributed by atoms with van der Waals surface area (Å²) in [5.41, 5.74) is 2.98. The topological polar surface area (TPSA) is 18.5 Å². The molecular weight excluding hydrogens is 295 g/mol. The molecule has 2 nitrogen and oxygen atoms in total. The first-order valence-electron chi connectivity index (χ1n) is 9.54. The van der Waals surface area contributed by atoms with E-state index >= 15 is 0 Å². The van der Waals surface area contributed by atoms with Crippen LogP contribution in [0.25, 0.3) is 0 Å². The van der Waals surface area contributed by atoms with E-state index in [0.717, 1.165) is 5.47 Å². The van der Waals surface area contributed by atoms with Crippen LogP contribution in [0.2, 0.25) is 0 Å². The van der Waals surface area contributed by atoms with Gasteiger partial charge in [-0.1, -0.05) is 57.6 Å². The second-order valence-corrected chi connectivity index (χ2v) is 7.23. The van der Waals surface area contributed by atoms with Gasteiger partial charge in [-0.05, 0) is 65.8 Å². The average Bonchev–Trinajstić information content (AvgIpc) is 3.31. The van der Waals surface area contributed by atoms with Crippen molar-refractivity contribution in [3.8, 4) is 0 Å². The Morgan fingerprint density at radius 1 is 0.917 bits per heavy atom. The first-order valence-corrected chi connectivity index (χ1v) is 9.54. The zero-order chi connectivity index (χ0) is 19.1. The Kier molecular flexibility index (Phi) is 9.31. The fourth-order valence-electron chi connectivity index (χ4n) is 2.24. The molecule has 1 heterocycles. The highest BCUT2D eigenvalue weighted by Gasteiger charge is 2.52. The Morgan fingerprint density at radius 3 is 1.67 bits per heavy atom. The van der Waals surface area contributed by atoms with Gasteiger partial charge in [-0.2, -0.15) is 0 Å². The van der Waals surface area contributed by atoms with Crippen LogP contribution in [0.15, 0.2) is 35.3 Å². The van der Waals surface area contributed by atoms with Crippen LogP contribution in [-0.4, -0.2) is 18.3 Å². The zero-order valence-electron chi connectivity index (χ0n) is 17.7. The van der Waals surface area contributed by atoms with Crippen LogP contribution in [0.1, 0.15) is 82.1 Å². The molecule has 0 amide bonds. The first-order chi connectivity index (χ1) is 11.1. The van der Waals surface area contributed by atoms with Crippen molar-refractivity contribution >= 4 is 7.12 Å². The molecule has 1 aliphatic heterocycles. The second kappa shape index (κ2) is 9.63. The Labute approximate surface area is 151 Å². The lowest BCUT2D eigenvalue weighted by Gasteiger charge is -2.32. The van der Waals surface area contributed by atoms with Crippen molar-refractivity contribution in [1.29, 1.82) is 0 Å². The van der Waals surface area contributed by atoms with Crippen molar-refractivity contribution in [3.63, 3.8) is 0 Å². The van der Waals surface area contributed by atoms with Gasteiger partial charge in [-0.15, -0.1) is 0 Å². The molecule has 1 saturated carbocycles. The third-order valence-corrected chi connectivity index (χ3v) is 4.66. The maximum atomic E-state index is 6.13. The van der Waals surface area contributed by atoms with E-state index < -0.39 is 0 Å². The molecule has 0 aromatic carbocycles. The molecule has 0 spiro atoms. The van der Waals surface area contributed by atoms with Crippen molar-refractivity contribution in [2.75, 3.05) is 0 Å². The Bertz CT molecular complexity index is 448. The summed E-state index contributed by atoms with van der Waals surface area (Å²) in [7, 11) is -0.284. The Hall–Kier alpha value is -0.795. The maximum absolute atomic E-state index is 6.13. The molecule has 1 aliphatic carbocycles. The molecular formula is C21H39BO2. The molecule has 0 aromatic rings. The molecule has 0 unspecified atom stereocenters. The fourth-order valence-corrected chi connectivity index (χ4v) is 2.24. The van der Waals surface area contributed by atoms with Crippen LogP contribution in [0.5, 0.6) is 0 Å². The van der Waals surface area contributed by atoms with Gasteiger partial charge in [-0.25, -0.2) is 0 Å².